The van der Waals surface area contributed by atoms with Crippen molar-refractivity contribution in [3.63, 3.8) is 0 Å². The summed E-state index contributed by atoms with van der Waals surface area (Å²) in [6.45, 7) is 6.48. The van der Waals surface area contributed by atoms with Crippen LogP contribution in [0.4, 0.5) is 0 Å². The van der Waals surface area contributed by atoms with Crippen LogP contribution < -0.4 is 0 Å². The van der Waals surface area contributed by atoms with Crippen molar-refractivity contribution >= 4 is 37.5 Å². The zero-order valence-corrected chi connectivity index (χ0v) is 15.4. The van der Waals surface area contributed by atoms with Crippen LogP contribution in [-0.2, 0) is 0 Å². The Morgan fingerprint density at radius 3 is 2.33 bits per heavy atom. The molecule has 0 aliphatic rings. The normalized spacial score (nSPS) is 11.5. The van der Waals surface area contributed by atoms with Crippen LogP contribution >= 0.6 is 31.9 Å². The van der Waals surface area contributed by atoms with Crippen LogP contribution in [0.25, 0.3) is 16.9 Å². The molecule has 4 heteroatoms. The number of rotatable bonds is 2. The Hall–Kier alpha value is -1.13. The van der Waals surface area contributed by atoms with Crippen molar-refractivity contribution in [2.24, 2.45) is 0 Å². The molecule has 2 nitrogen and oxygen atoms in total. The zero-order valence-electron chi connectivity index (χ0n) is 12.2. The van der Waals surface area contributed by atoms with E-state index in [0.29, 0.717) is 5.92 Å². The van der Waals surface area contributed by atoms with E-state index in [1.807, 2.05) is 4.40 Å². The molecular weight excluding hydrogens is 392 g/mol. The van der Waals surface area contributed by atoms with Gasteiger partial charge in [0.1, 0.15) is 0 Å². The Kier molecular flexibility index (Phi) is 3.93. The first-order chi connectivity index (χ1) is 9.97. The van der Waals surface area contributed by atoms with Crippen LogP contribution in [0.2, 0.25) is 0 Å². The molecular formula is C17H16Br2N2. The summed E-state index contributed by atoms with van der Waals surface area (Å²) in [7, 11) is 0. The Balaban J connectivity index is 2.11. The Bertz CT molecular complexity index is 802. The van der Waals surface area contributed by atoms with Gasteiger partial charge in [0.15, 0.2) is 5.65 Å². The van der Waals surface area contributed by atoms with E-state index in [1.165, 1.54) is 5.56 Å². The number of nitrogens with zero attached hydrogens (tertiary/aromatic N) is 2. The van der Waals surface area contributed by atoms with Crippen molar-refractivity contribution in [2.45, 2.75) is 26.7 Å². The summed E-state index contributed by atoms with van der Waals surface area (Å²) >= 11 is 7.21. The third kappa shape index (κ3) is 2.67. The summed E-state index contributed by atoms with van der Waals surface area (Å²) in [5.41, 5.74) is 5.59. The summed E-state index contributed by atoms with van der Waals surface area (Å²) in [5, 5.41) is 0. The minimum absolute atomic E-state index is 0.549. The van der Waals surface area contributed by atoms with E-state index < -0.39 is 0 Å². The molecule has 0 unspecified atom stereocenters. The summed E-state index contributed by atoms with van der Waals surface area (Å²) < 4.78 is 4.15. The third-order valence-corrected chi connectivity index (χ3v) is 5.49. The molecule has 1 aromatic carbocycles. The summed E-state index contributed by atoms with van der Waals surface area (Å²) in [4.78, 5) is 4.75. The Labute approximate surface area is 141 Å². The molecule has 21 heavy (non-hydrogen) atoms. The fourth-order valence-electron chi connectivity index (χ4n) is 2.32. The fourth-order valence-corrected chi connectivity index (χ4v) is 3.52. The summed E-state index contributed by atoms with van der Waals surface area (Å²) in [6, 6.07) is 8.65. The highest BCUT2D eigenvalue weighted by atomic mass is 79.9. The Morgan fingerprint density at radius 1 is 1.05 bits per heavy atom. The molecule has 0 atom stereocenters. The first kappa shape index (κ1) is 14.8. The maximum absolute atomic E-state index is 4.75. The van der Waals surface area contributed by atoms with Crippen LogP contribution in [0.3, 0.4) is 0 Å². The lowest BCUT2D eigenvalue weighted by Gasteiger charge is -2.05. The maximum atomic E-state index is 4.75. The molecule has 2 aromatic heterocycles. The van der Waals surface area contributed by atoms with E-state index >= 15 is 0 Å². The first-order valence-corrected chi connectivity index (χ1v) is 8.49. The number of benzene rings is 1. The van der Waals surface area contributed by atoms with Gasteiger partial charge in [0.05, 0.1) is 10.2 Å². The van der Waals surface area contributed by atoms with Crippen molar-refractivity contribution < 1.29 is 0 Å². The van der Waals surface area contributed by atoms with E-state index in [-0.39, 0.29) is 0 Å². The monoisotopic (exact) mass is 406 g/mol. The second kappa shape index (κ2) is 5.58. The molecule has 0 N–H and O–H groups in total. The van der Waals surface area contributed by atoms with E-state index in [1.54, 1.807) is 0 Å². The predicted molar refractivity (Wildman–Crippen MR) is 94.9 cm³/mol. The van der Waals surface area contributed by atoms with Gasteiger partial charge in [-0.15, -0.1) is 0 Å². The average molecular weight is 408 g/mol. The quantitative estimate of drug-likeness (QED) is 0.512. The molecule has 0 aliphatic heterocycles. The van der Waals surface area contributed by atoms with Gasteiger partial charge in [0.2, 0.25) is 0 Å². The van der Waals surface area contributed by atoms with Crippen molar-refractivity contribution in [3.8, 4) is 11.3 Å². The van der Waals surface area contributed by atoms with E-state index in [4.69, 9.17) is 4.98 Å². The van der Waals surface area contributed by atoms with Crippen LogP contribution in [0.15, 0.2) is 45.6 Å². The van der Waals surface area contributed by atoms with Gasteiger partial charge < -0.3 is 4.40 Å². The van der Waals surface area contributed by atoms with Gasteiger partial charge in [-0.25, -0.2) is 4.98 Å². The topological polar surface area (TPSA) is 17.3 Å². The number of fused-ring (bicyclic) bond motifs is 1. The summed E-state index contributed by atoms with van der Waals surface area (Å²) in [5.74, 6) is 0.549. The largest absolute Gasteiger partial charge is 0.304 e. The van der Waals surface area contributed by atoms with Crippen molar-refractivity contribution in [3.05, 3.63) is 56.7 Å². The second-order valence-electron chi connectivity index (χ2n) is 5.55. The van der Waals surface area contributed by atoms with Gasteiger partial charge in [-0.05, 0) is 55.8 Å². The second-order valence-corrected chi connectivity index (χ2v) is 7.20. The van der Waals surface area contributed by atoms with Crippen molar-refractivity contribution in [1.29, 1.82) is 0 Å². The van der Waals surface area contributed by atoms with Gasteiger partial charge in [0.25, 0.3) is 0 Å². The average Bonchev–Trinajstić information content (AvgIpc) is 2.89. The molecule has 0 saturated heterocycles. The molecule has 0 fully saturated rings. The van der Waals surface area contributed by atoms with E-state index in [0.717, 1.165) is 31.4 Å². The number of hydrogen-bond donors (Lipinski definition) is 0. The molecule has 0 spiro atoms. The van der Waals surface area contributed by atoms with Crippen LogP contribution in [0, 0.1) is 6.92 Å². The lowest BCUT2D eigenvalue weighted by molar-refractivity contribution is 0.867. The van der Waals surface area contributed by atoms with Crippen LogP contribution in [0.1, 0.15) is 30.9 Å². The lowest BCUT2D eigenvalue weighted by atomic mass is 10.0. The van der Waals surface area contributed by atoms with E-state index in [2.05, 4.69) is 89.3 Å². The summed E-state index contributed by atoms with van der Waals surface area (Å²) in [6.07, 6.45) is 4.11. The third-order valence-electron chi connectivity index (χ3n) is 3.74. The molecule has 3 rings (SSSR count). The number of halogens is 2. The van der Waals surface area contributed by atoms with Gasteiger partial charge in [-0.3, -0.25) is 0 Å². The molecule has 0 radical (unpaired) electrons. The number of imidazole rings is 1. The fraction of sp³-hybridized carbons (Fsp3) is 0.235. The number of hydrogen-bond acceptors (Lipinski definition) is 1. The van der Waals surface area contributed by atoms with Gasteiger partial charge in [0, 0.05) is 22.4 Å². The smallest absolute Gasteiger partial charge is 0.152 e. The zero-order chi connectivity index (χ0) is 15.1. The highest BCUT2D eigenvalue weighted by Gasteiger charge is 2.11. The van der Waals surface area contributed by atoms with Gasteiger partial charge >= 0.3 is 0 Å². The van der Waals surface area contributed by atoms with Crippen LogP contribution in [0.5, 0.6) is 0 Å². The lowest BCUT2D eigenvalue weighted by Crippen LogP contribution is -1.88. The predicted octanol–water partition coefficient (Wildman–Crippen LogP) is 5.96. The van der Waals surface area contributed by atoms with Gasteiger partial charge in [-0.1, -0.05) is 38.1 Å². The molecule has 0 saturated carbocycles. The molecule has 0 bridgehead atoms. The SMILES string of the molecule is Cc1c(Br)cn2cc(-c3ccc(C(C)C)cc3)nc2c1Br. The highest BCUT2D eigenvalue weighted by Crippen LogP contribution is 2.30. The Morgan fingerprint density at radius 2 is 1.71 bits per heavy atom. The highest BCUT2D eigenvalue weighted by molar-refractivity contribution is 9.11. The first-order valence-electron chi connectivity index (χ1n) is 6.91. The van der Waals surface area contributed by atoms with E-state index in [9.17, 15) is 0 Å². The minimum atomic E-state index is 0.549. The number of aromatic nitrogens is 2. The van der Waals surface area contributed by atoms with Crippen LogP contribution in [-0.4, -0.2) is 9.38 Å². The molecule has 0 amide bonds. The molecule has 3 aromatic rings. The van der Waals surface area contributed by atoms with Crippen molar-refractivity contribution in [2.75, 3.05) is 0 Å². The molecule has 2 heterocycles. The van der Waals surface area contributed by atoms with Crippen molar-refractivity contribution in [1.82, 2.24) is 9.38 Å². The molecule has 0 aliphatic carbocycles. The van der Waals surface area contributed by atoms with Gasteiger partial charge in [-0.2, -0.15) is 0 Å². The minimum Gasteiger partial charge on any atom is -0.304 e. The standard InChI is InChI=1S/C17H16Br2N2/c1-10(2)12-4-6-13(7-5-12)15-9-21-8-14(18)11(3)16(19)17(21)20-15/h4-10H,1-3H3. The maximum Gasteiger partial charge on any atom is 0.152 e. The number of pyridine rings is 1. The molecule has 108 valence electrons.